The number of aromatic amines is 1. The van der Waals surface area contributed by atoms with Gasteiger partial charge in [0.05, 0.1) is 23.7 Å². The second-order valence-corrected chi connectivity index (χ2v) is 4.15. The maximum Gasteiger partial charge on any atom is 0.337 e. The zero-order valence-electron chi connectivity index (χ0n) is 10.5. The van der Waals surface area contributed by atoms with Crippen molar-refractivity contribution in [2.45, 2.75) is 0 Å². The van der Waals surface area contributed by atoms with Gasteiger partial charge in [-0.15, -0.1) is 0 Å². The highest BCUT2D eigenvalue weighted by atomic mass is 16.5. The van der Waals surface area contributed by atoms with Gasteiger partial charge in [0, 0.05) is 13.2 Å². The van der Waals surface area contributed by atoms with Crippen molar-refractivity contribution in [3.8, 4) is 11.5 Å². The predicted octanol–water partition coefficient (Wildman–Crippen LogP) is 1.75. The number of aromatic nitrogens is 4. The lowest BCUT2D eigenvalue weighted by molar-refractivity contribution is 0.0601. The molecule has 6 heteroatoms. The highest BCUT2D eigenvalue weighted by Crippen LogP contribution is 2.20. The molecular formula is C13H12N4O2. The minimum atomic E-state index is -0.362. The molecule has 0 unspecified atom stereocenters. The Kier molecular flexibility index (Phi) is 2.56. The van der Waals surface area contributed by atoms with Crippen LogP contribution >= 0.6 is 0 Å². The Labute approximate surface area is 109 Å². The number of esters is 1. The standard InChI is InChI=1S/C13H12N4O2/c1-17-11(5-6-14-17)12-15-9-4-3-8(13(18)19-2)7-10(9)16-12/h3-7H,1-2H3,(H,15,16). The number of ether oxygens (including phenoxy) is 1. The summed E-state index contributed by atoms with van der Waals surface area (Å²) in [7, 11) is 3.21. The topological polar surface area (TPSA) is 72.8 Å². The third-order valence-electron chi connectivity index (χ3n) is 2.97. The lowest BCUT2D eigenvalue weighted by Crippen LogP contribution is -2.00. The number of nitrogens with zero attached hydrogens (tertiary/aromatic N) is 3. The van der Waals surface area contributed by atoms with Crippen LogP contribution < -0.4 is 0 Å². The molecule has 0 amide bonds. The molecule has 0 atom stereocenters. The number of carbonyl (C=O) groups is 1. The van der Waals surface area contributed by atoms with Crippen molar-refractivity contribution >= 4 is 17.0 Å². The van der Waals surface area contributed by atoms with E-state index < -0.39 is 0 Å². The Morgan fingerprint density at radius 1 is 1.37 bits per heavy atom. The Balaban J connectivity index is 2.11. The van der Waals surface area contributed by atoms with Gasteiger partial charge < -0.3 is 9.72 Å². The summed E-state index contributed by atoms with van der Waals surface area (Å²) in [6.07, 6.45) is 1.71. The lowest BCUT2D eigenvalue weighted by Gasteiger charge is -1.97. The summed E-state index contributed by atoms with van der Waals surface area (Å²) in [6.45, 7) is 0. The van der Waals surface area contributed by atoms with Crippen LogP contribution in [0, 0.1) is 0 Å². The van der Waals surface area contributed by atoms with Gasteiger partial charge in [-0.2, -0.15) is 5.10 Å². The molecule has 3 aromatic rings. The number of imidazole rings is 1. The molecule has 6 nitrogen and oxygen atoms in total. The van der Waals surface area contributed by atoms with Crippen molar-refractivity contribution in [3.63, 3.8) is 0 Å². The van der Waals surface area contributed by atoms with Crippen LogP contribution in [0.5, 0.6) is 0 Å². The van der Waals surface area contributed by atoms with Crippen LogP contribution in [0.4, 0.5) is 0 Å². The average molecular weight is 256 g/mol. The molecule has 0 aliphatic rings. The smallest absolute Gasteiger partial charge is 0.337 e. The number of H-pyrrole nitrogens is 1. The van der Waals surface area contributed by atoms with Gasteiger partial charge in [-0.05, 0) is 24.3 Å². The minimum absolute atomic E-state index is 0.362. The van der Waals surface area contributed by atoms with E-state index in [0.29, 0.717) is 5.56 Å². The average Bonchev–Trinajstić information content (AvgIpc) is 3.02. The molecule has 0 aliphatic carbocycles. The first-order chi connectivity index (χ1) is 9.19. The maximum atomic E-state index is 11.5. The third-order valence-corrected chi connectivity index (χ3v) is 2.97. The number of carbonyl (C=O) groups excluding carboxylic acids is 1. The SMILES string of the molecule is COC(=O)c1ccc2nc(-c3ccnn3C)[nH]c2c1. The molecule has 2 heterocycles. The molecule has 0 aliphatic heterocycles. The van der Waals surface area contributed by atoms with Crippen molar-refractivity contribution in [2.24, 2.45) is 7.05 Å². The molecule has 2 aromatic heterocycles. The van der Waals surface area contributed by atoms with Gasteiger partial charge in [0.1, 0.15) is 5.69 Å². The van der Waals surface area contributed by atoms with Crippen molar-refractivity contribution in [1.82, 2.24) is 19.7 Å². The molecule has 19 heavy (non-hydrogen) atoms. The largest absolute Gasteiger partial charge is 0.465 e. The summed E-state index contributed by atoms with van der Waals surface area (Å²) in [6, 6.07) is 7.09. The van der Waals surface area contributed by atoms with Gasteiger partial charge in [0.15, 0.2) is 5.82 Å². The van der Waals surface area contributed by atoms with E-state index in [9.17, 15) is 4.79 Å². The molecular weight excluding hydrogens is 244 g/mol. The van der Waals surface area contributed by atoms with E-state index in [2.05, 4.69) is 15.1 Å². The second kappa shape index (κ2) is 4.24. The number of methoxy groups -OCH3 is 1. The Morgan fingerprint density at radius 3 is 2.89 bits per heavy atom. The number of hydrogen-bond donors (Lipinski definition) is 1. The van der Waals surface area contributed by atoms with Crippen LogP contribution in [0.1, 0.15) is 10.4 Å². The van der Waals surface area contributed by atoms with Gasteiger partial charge in [-0.25, -0.2) is 9.78 Å². The van der Waals surface area contributed by atoms with Gasteiger partial charge in [0.25, 0.3) is 0 Å². The van der Waals surface area contributed by atoms with Crippen molar-refractivity contribution in [3.05, 3.63) is 36.0 Å². The Morgan fingerprint density at radius 2 is 2.21 bits per heavy atom. The third kappa shape index (κ3) is 1.87. The molecule has 3 rings (SSSR count). The number of benzene rings is 1. The summed E-state index contributed by atoms with van der Waals surface area (Å²) in [5.41, 5.74) is 2.97. The quantitative estimate of drug-likeness (QED) is 0.709. The second-order valence-electron chi connectivity index (χ2n) is 4.15. The van der Waals surface area contributed by atoms with E-state index in [1.807, 2.05) is 13.1 Å². The van der Waals surface area contributed by atoms with Crippen molar-refractivity contribution in [1.29, 1.82) is 0 Å². The summed E-state index contributed by atoms with van der Waals surface area (Å²) in [5.74, 6) is 0.357. The number of aryl methyl sites for hydroxylation is 1. The van der Waals surface area contributed by atoms with Gasteiger partial charge in [-0.3, -0.25) is 4.68 Å². The summed E-state index contributed by atoms with van der Waals surface area (Å²) in [4.78, 5) is 19.1. The van der Waals surface area contributed by atoms with Crippen molar-refractivity contribution < 1.29 is 9.53 Å². The van der Waals surface area contributed by atoms with E-state index in [4.69, 9.17) is 4.74 Å². The van der Waals surface area contributed by atoms with Crippen LogP contribution in [0.15, 0.2) is 30.5 Å². The van der Waals surface area contributed by atoms with Crippen LogP contribution in [0.25, 0.3) is 22.6 Å². The normalized spacial score (nSPS) is 10.8. The Bertz CT molecular complexity index is 757. The number of nitrogens with one attached hydrogen (secondary N) is 1. The molecule has 96 valence electrons. The van der Waals surface area contributed by atoms with Crippen molar-refractivity contribution in [2.75, 3.05) is 7.11 Å². The highest BCUT2D eigenvalue weighted by Gasteiger charge is 2.11. The molecule has 0 fully saturated rings. The summed E-state index contributed by atoms with van der Waals surface area (Å²) < 4.78 is 6.43. The van der Waals surface area contributed by atoms with E-state index in [0.717, 1.165) is 22.6 Å². The van der Waals surface area contributed by atoms with E-state index in [1.54, 1.807) is 29.1 Å². The first kappa shape index (κ1) is 11.5. The van der Waals surface area contributed by atoms with E-state index >= 15 is 0 Å². The van der Waals surface area contributed by atoms with Gasteiger partial charge >= 0.3 is 5.97 Å². The summed E-state index contributed by atoms with van der Waals surface area (Å²) in [5, 5.41) is 4.10. The van der Waals surface area contributed by atoms with Crippen LogP contribution in [0.2, 0.25) is 0 Å². The van der Waals surface area contributed by atoms with Crippen LogP contribution in [-0.4, -0.2) is 32.8 Å². The maximum absolute atomic E-state index is 11.5. The van der Waals surface area contributed by atoms with Gasteiger partial charge in [-0.1, -0.05) is 0 Å². The number of hydrogen-bond acceptors (Lipinski definition) is 4. The molecule has 0 saturated heterocycles. The molecule has 0 saturated carbocycles. The molecule has 0 spiro atoms. The number of fused-ring (bicyclic) bond motifs is 1. The fourth-order valence-corrected chi connectivity index (χ4v) is 1.98. The first-order valence-corrected chi connectivity index (χ1v) is 5.75. The first-order valence-electron chi connectivity index (χ1n) is 5.75. The molecule has 1 aromatic carbocycles. The van der Waals surface area contributed by atoms with Crippen LogP contribution in [-0.2, 0) is 11.8 Å². The molecule has 1 N–H and O–H groups in total. The molecule has 0 bridgehead atoms. The minimum Gasteiger partial charge on any atom is -0.465 e. The fraction of sp³-hybridized carbons (Fsp3) is 0.154. The zero-order valence-corrected chi connectivity index (χ0v) is 10.5. The molecule has 0 radical (unpaired) electrons. The van der Waals surface area contributed by atoms with E-state index in [1.165, 1.54) is 7.11 Å². The van der Waals surface area contributed by atoms with Gasteiger partial charge in [0.2, 0.25) is 0 Å². The lowest BCUT2D eigenvalue weighted by atomic mass is 10.2. The summed E-state index contributed by atoms with van der Waals surface area (Å²) >= 11 is 0. The number of rotatable bonds is 2. The highest BCUT2D eigenvalue weighted by molar-refractivity contribution is 5.94. The fourth-order valence-electron chi connectivity index (χ4n) is 1.98. The monoisotopic (exact) mass is 256 g/mol. The van der Waals surface area contributed by atoms with E-state index in [-0.39, 0.29) is 5.97 Å². The van der Waals surface area contributed by atoms with Crippen LogP contribution in [0.3, 0.4) is 0 Å². The predicted molar refractivity (Wildman–Crippen MR) is 69.6 cm³/mol. The Hall–Kier alpha value is -2.63. The zero-order chi connectivity index (χ0) is 13.4.